The second kappa shape index (κ2) is 9.36. The predicted octanol–water partition coefficient (Wildman–Crippen LogP) is 2.43. The van der Waals surface area contributed by atoms with E-state index in [2.05, 4.69) is 22.3 Å². The van der Waals surface area contributed by atoms with Crippen LogP contribution >= 0.6 is 0 Å². The lowest BCUT2D eigenvalue weighted by molar-refractivity contribution is -0.121. The van der Waals surface area contributed by atoms with E-state index in [1.165, 1.54) is 0 Å². The van der Waals surface area contributed by atoms with Crippen molar-refractivity contribution in [3.8, 4) is 5.75 Å². The molecule has 0 radical (unpaired) electrons. The molecule has 1 aliphatic rings. The Morgan fingerprint density at radius 1 is 1.12 bits per heavy atom. The van der Waals surface area contributed by atoms with Crippen LogP contribution in [0.2, 0.25) is 0 Å². The van der Waals surface area contributed by atoms with Crippen LogP contribution in [0, 0.1) is 0 Å². The third-order valence-electron chi connectivity index (χ3n) is 4.63. The number of para-hydroxylation sites is 1. The SMILES string of the molecule is COc1ccccc1CC(=O)NC(CN1CCOCC1)c1ccccc1. The molecule has 0 saturated carbocycles. The summed E-state index contributed by atoms with van der Waals surface area (Å²) in [5.41, 5.74) is 2.01. The van der Waals surface area contributed by atoms with Gasteiger partial charge in [0.15, 0.2) is 0 Å². The molecule has 0 aromatic heterocycles. The van der Waals surface area contributed by atoms with Gasteiger partial charge in [0.25, 0.3) is 0 Å². The van der Waals surface area contributed by atoms with Crippen LogP contribution in [0.5, 0.6) is 5.75 Å². The Bertz CT molecular complexity index is 699. The summed E-state index contributed by atoms with van der Waals surface area (Å²) in [6.45, 7) is 4.07. The molecule has 138 valence electrons. The highest BCUT2D eigenvalue weighted by molar-refractivity contribution is 5.79. The number of benzene rings is 2. The lowest BCUT2D eigenvalue weighted by Crippen LogP contribution is -2.43. The fourth-order valence-electron chi connectivity index (χ4n) is 3.23. The summed E-state index contributed by atoms with van der Waals surface area (Å²) in [6, 6.07) is 17.7. The van der Waals surface area contributed by atoms with Crippen molar-refractivity contribution >= 4 is 5.91 Å². The van der Waals surface area contributed by atoms with Gasteiger partial charge in [-0.1, -0.05) is 48.5 Å². The number of carbonyl (C=O) groups is 1. The average molecular weight is 354 g/mol. The van der Waals surface area contributed by atoms with Crippen LogP contribution in [0.25, 0.3) is 0 Å². The Morgan fingerprint density at radius 3 is 2.54 bits per heavy atom. The zero-order valence-corrected chi connectivity index (χ0v) is 15.2. The molecule has 1 aliphatic heterocycles. The van der Waals surface area contributed by atoms with E-state index in [9.17, 15) is 4.79 Å². The molecule has 1 saturated heterocycles. The summed E-state index contributed by atoms with van der Waals surface area (Å²) in [5.74, 6) is 0.740. The maximum absolute atomic E-state index is 12.7. The van der Waals surface area contributed by atoms with Gasteiger partial charge in [-0.05, 0) is 11.6 Å². The zero-order valence-electron chi connectivity index (χ0n) is 15.2. The third-order valence-corrected chi connectivity index (χ3v) is 4.63. The number of methoxy groups -OCH3 is 1. The first kappa shape index (κ1) is 18.4. The van der Waals surface area contributed by atoms with E-state index in [0.717, 1.165) is 49.7 Å². The first-order chi connectivity index (χ1) is 12.8. The molecule has 0 spiro atoms. The summed E-state index contributed by atoms with van der Waals surface area (Å²) in [7, 11) is 1.63. The molecule has 1 amide bonds. The summed E-state index contributed by atoms with van der Waals surface area (Å²) in [6.07, 6.45) is 0.302. The number of hydrogen-bond acceptors (Lipinski definition) is 4. The van der Waals surface area contributed by atoms with E-state index in [4.69, 9.17) is 9.47 Å². The van der Waals surface area contributed by atoms with Crippen molar-refractivity contribution < 1.29 is 14.3 Å². The van der Waals surface area contributed by atoms with E-state index in [-0.39, 0.29) is 11.9 Å². The van der Waals surface area contributed by atoms with Gasteiger partial charge in [-0.25, -0.2) is 0 Å². The Hall–Kier alpha value is -2.37. The molecule has 1 fully saturated rings. The Balaban J connectivity index is 1.69. The van der Waals surface area contributed by atoms with Crippen LogP contribution in [-0.2, 0) is 16.0 Å². The third kappa shape index (κ3) is 5.07. The van der Waals surface area contributed by atoms with Crippen molar-refractivity contribution in [3.05, 3.63) is 65.7 Å². The number of carbonyl (C=O) groups excluding carboxylic acids is 1. The van der Waals surface area contributed by atoms with Gasteiger partial charge in [-0.3, -0.25) is 9.69 Å². The number of hydrogen-bond donors (Lipinski definition) is 1. The molecule has 5 heteroatoms. The number of ether oxygens (including phenoxy) is 2. The Labute approximate surface area is 154 Å². The molecule has 0 bridgehead atoms. The topological polar surface area (TPSA) is 50.8 Å². The summed E-state index contributed by atoms with van der Waals surface area (Å²) < 4.78 is 10.8. The maximum atomic E-state index is 12.7. The summed E-state index contributed by atoms with van der Waals surface area (Å²) >= 11 is 0. The molecule has 3 rings (SSSR count). The van der Waals surface area contributed by atoms with E-state index in [0.29, 0.717) is 6.42 Å². The highest BCUT2D eigenvalue weighted by atomic mass is 16.5. The largest absolute Gasteiger partial charge is 0.496 e. The van der Waals surface area contributed by atoms with Gasteiger partial charge in [0.1, 0.15) is 5.75 Å². The van der Waals surface area contributed by atoms with Crippen LogP contribution < -0.4 is 10.1 Å². The van der Waals surface area contributed by atoms with E-state index < -0.39 is 0 Å². The average Bonchev–Trinajstić information content (AvgIpc) is 2.69. The summed E-state index contributed by atoms with van der Waals surface area (Å²) in [4.78, 5) is 15.0. The van der Waals surface area contributed by atoms with Crippen LogP contribution in [0.15, 0.2) is 54.6 Å². The van der Waals surface area contributed by atoms with Gasteiger partial charge in [0.05, 0.1) is 32.8 Å². The van der Waals surface area contributed by atoms with Crippen molar-refractivity contribution in [1.82, 2.24) is 10.2 Å². The van der Waals surface area contributed by atoms with Crippen LogP contribution in [0.3, 0.4) is 0 Å². The molecule has 5 nitrogen and oxygen atoms in total. The lowest BCUT2D eigenvalue weighted by atomic mass is 10.0. The van der Waals surface area contributed by atoms with E-state index in [1.54, 1.807) is 7.11 Å². The second-order valence-corrected chi connectivity index (χ2v) is 6.43. The molecule has 1 unspecified atom stereocenters. The van der Waals surface area contributed by atoms with Gasteiger partial charge in [0, 0.05) is 25.2 Å². The lowest BCUT2D eigenvalue weighted by Gasteiger charge is -2.31. The quantitative estimate of drug-likeness (QED) is 0.830. The number of nitrogens with one attached hydrogen (secondary N) is 1. The highest BCUT2D eigenvalue weighted by Gasteiger charge is 2.20. The van der Waals surface area contributed by atoms with Crippen molar-refractivity contribution in [2.24, 2.45) is 0 Å². The first-order valence-corrected chi connectivity index (χ1v) is 9.02. The van der Waals surface area contributed by atoms with E-state index in [1.807, 2.05) is 42.5 Å². The Kier molecular flexibility index (Phi) is 6.63. The molecule has 0 aliphatic carbocycles. The minimum absolute atomic E-state index is 0.00314. The standard InChI is InChI=1S/C21H26N2O3/c1-25-20-10-6-5-9-18(20)15-21(24)22-19(17-7-3-2-4-8-17)16-23-11-13-26-14-12-23/h2-10,19H,11-16H2,1H3,(H,22,24). The van der Waals surface area contributed by atoms with Crippen LogP contribution in [0.1, 0.15) is 17.2 Å². The first-order valence-electron chi connectivity index (χ1n) is 9.02. The minimum atomic E-state index is -0.0449. The number of amides is 1. The van der Waals surface area contributed by atoms with Crippen molar-refractivity contribution in [2.75, 3.05) is 40.0 Å². The van der Waals surface area contributed by atoms with Crippen LogP contribution in [-0.4, -0.2) is 50.8 Å². The number of morpholine rings is 1. The van der Waals surface area contributed by atoms with Crippen LogP contribution in [0.4, 0.5) is 0 Å². The van der Waals surface area contributed by atoms with Gasteiger partial charge < -0.3 is 14.8 Å². The minimum Gasteiger partial charge on any atom is -0.496 e. The molecule has 1 N–H and O–H groups in total. The molecular weight excluding hydrogens is 328 g/mol. The van der Waals surface area contributed by atoms with Crippen molar-refractivity contribution in [2.45, 2.75) is 12.5 Å². The fraction of sp³-hybridized carbons (Fsp3) is 0.381. The second-order valence-electron chi connectivity index (χ2n) is 6.43. The van der Waals surface area contributed by atoms with Crippen molar-refractivity contribution in [3.63, 3.8) is 0 Å². The molecule has 26 heavy (non-hydrogen) atoms. The van der Waals surface area contributed by atoms with Gasteiger partial charge >= 0.3 is 0 Å². The zero-order chi connectivity index (χ0) is 18.2. The predicted molar refractivity (Wildman–Crippen MR) is 101 cm³/mol. The summed E-state index contributed by atoms with van der Waals surface area (Å²) in [5, 5.41) is 3.20. The fourth-order valence-corrected chi connectivity index (χ4v) is 3.23. The highest BCUT2D eigenvalue weighted by Crippen LogP contribution is 2.19. The monoisotopic (exact) mass is 354 g/mol. The molecule has 2 aromatic carbocycles. The molecular formula is C21H26N2O3. The Morgan fingerprint density at radius 2 is 1.81 bits per heavy atom. The number of rotatable bonds is 7. The molecule has 1 atom stereocenters. The van der Waals surface area contributed by atoms with E-state index >= 15 is 0 Å². The van der Waals surface area contributed by atoms with Gasteiger partial charge in [-0.15, -0.1) is 0 Å². The molecule has 1 heterocycles. The van der Waals surface area contributed by atoms with Gasteiger partial charge in [-0.2, -0.15) is 0 Å². The maximum Gasteiger partial charge on any atom is 0.225 e. The number of nitrogens with zero attached hydrogens (tertiary/aromatic N) is 1. The smallest absolute Gasteiger partial charge is 0.225 e. The molecule has 2 aromatic rings. The van der Waals surface area contributed by atoms with Crippen molar-refractivity contribution in [1.29, 1.82) is 0 Å². The van der Waals surface area contributed by atoms with Gasteiger partial charge in [0.2, 0.25) is 5.91 Å². The normalized spacial score (nSPS) is 16.0.